The van der Waals surface area contributed by atoms with E-state index in [4.69, 9.17) is 0 Å². The molecule has 3 N–H and O–H groups in total. The van der Waals surface area contributed by atoms with Crippen molar-refractivity contribution in [2.24, 2.45) is 10.2 Å². The van der Waals surface area contributed by atoms with Crippen LogP contribution >= 0.6 is 0 Å². The number of para-hydroxylation sites is 1. The van der Waals surface area contributed by atoms with Crippen molar-refractivity contribution < 1.29 is 35.1 Å². The van der Waals surface area contributed by atoms with E-state index < -0.39 is 57.7 Å². The lowest BCUT2D eigenvalue weighted by Gasteiger charge is -2.09. The van der Waals surface area contributed by atoms with Crippen molar-refractivity contribution >= 4 is 35.7 Å². The van der Waals surface area contributed by atoms with Gasteiger partial charge in [-0.1, -0.05) is 18.2 Å². The van der Waals surface area contributed by atoms with Crippen molar-refractivity contribution in [3.63, 3.8) is 0 Å². The zero-order chi connectivity index (χ0) is 28.1. The minimum Gasteiger partial charge on any atom is -0.340 e. The van der Waals surface area contributed by atoms with E-state index in [0.717, 1.165) is 0 Å². The molecule has 0 spiro atoms. The number of rotatable bonds is 8. The molecule has 7 nitrogen and oxygen atoms in total. The summed E-state index contributed by atoms with van der Waals surface area (Å²) in [4.78, 5) is 7.99. The van der Waals surface area contributed by atoms with Crippen molar-refractivity contribution in [3.8, 4) is 0 Å². The molecule has 4 rings (SSSR count). The fraction of sp³-hybridized carbons (Fsp3) is 0. The minimum atomic E-state index is -1.69. The standard InChI is InChI=1S/C24H13F8N7/c25-14-6-15(26)21(30)12(20(14)29)9-33-38-19-8-18(35-11-4-2-1-3-5-11)36-24(37-19)39-34-10-13-22(31)16(27)7-17(28)23(13)32/h1-10H,(H3,35,36,37,38,39). The van der Waals surface area contributed by atoms with Gasteiger partial charge in [-0.2, -0.15) is 20.2 Å². The van der Waals surface area contributed by atoms with Crippen LogP contribution < -0.4 is 16.2 Å². The van der Waals surface area contributed by atoms with Gasteiger partial charge in [-0.15, -0.1) is 0 Å². The van der Waals surface area contributed by atoms with Gasteiger partial charge >= 0.3 is 0 Å². The number of hydrazone groups is 2. The average Bonchev–Trinajstić information content (AvgIpc) is 2.91. The summed E-state index contributed by atoms with van der Waals surface area (Å²) < 4.78 is 109. The molecular weight excluding hydrogens is 538 g/mol. The van der Waals surface area contributed by atoms with Crippen LogP contribution in [0.5, 0.6) is 0 Å². The Balaban J connectivity index is 1.62. The van der Waals surface area contributed by atoms with Gasteiger partial charge < -0.3 is 5.32 Å². The van der Waals surface area contributed by atoms with Crippen LogP contribution in [-0.4, -0.2) is 22.4 Å². The molecule has 200 valence electrons. The number of benzene rings is 3. The van der Waals surface area contributed by atoms with Gasteiger partial charge in [0.25, 0.3) is 0 Å². The van der Waals surface area contributed by atoms with Crippen LogP contribution in [0.4, 0.5) is 58.4 Å². The van der Waals surface area contributed by atoms with Crippen LogP contribution in [0.1, 0.15) is 11.1 Å². The molecule has 0 radical (unpaired) electrons. The Morgan fingerprint density at radius 2 is 1.03 bits per heavy atom. The first kappa shape index (κ1) is 27.0. The zero-order valence-electron chi connectivity index (χ0n) is 19.1. The second kappa shape index (κ2) is 11.5. The highest BCUT2D eigenvalue weighted by atomic mass is 19.2. The summed E-state index contributed by atoms with van der Waals surface area (Å²) in [5.41, 5.74) is 2.83. The molecule has 15 heteroatoms. The molecule has 1 heterocycles. The molecule has 39 heavy (non-hydrogen) atoms. The molecule has 0 saturated carbocycles. The topological polar surface area (TPSA) is 86.6 Å². The van der Waals surface area contributed by atoms with Crippen molar-refractivity contribution in [1.29, 1.82) is 0 Å². The number of anilines is 4. The Bertz CT molecular complexity index is 1430. The molecule has 0 fully saturated rings. The lowest BCUT2D eigenvalue weighted by atomic mass is 10.2. The van der Waals surface area contributed by atoms with Gasteiger partial charge in [0.1, 0.15) is 5.82 Å². The SMILES string of the molecule is Fc1cc(F)c(F)c(C=NNc2cc(Nc3ccccc3)nc(NN=Cc3c(F)c(F)cc(F)c3F)n2)c1F. The van der Waals surface area contributed by atoms with Gasteiger partial charge in [0.2, 0.25) is 5.95 Å². The molecule has 0 aliphatic rings. The lowest BCUT2D eigenvalue weighted by molar-refractivity contribution is 0.452. The van der Waals surface area contributed by atoms with Gasteiger partial charge in [-0.25, -0.2) is 40.5 Å². The van der Waals surface area contributed by atoms with Crippen LogP contribution in [0.25, 0.3) is 0 Å². The molecule has 0 saturated heterocycles. The number of nitrogens with zero attached hydrogens (tertiary/aromatic N) is 4. The molecule has 3 aromatic carbocycles. The maximum Gasteiger partial charge on any atom is 0.247 e. The van der Waals surface area contributed by atoms with Crippen LogP contribution in [0.15, 0.2) is 58.7 Å². The fourth-order valence-corrected chi connectivity index (χ4v) is 3.02. The second-order valence-electron chi connectivity index (χ2n) is 7.46. The smallest absolute Gasteiger partial charge is 0.247 e. The van der Waals surface area contributed by atoms with Crippen molar-refractivity contribution in [2.75, 3.05) is 16.2 Å². The van der Waals surface area contributed by atoms with Gasteiger partial charge in [-0.3, -0.25) is 5.43 Å². The summed E-state index contributed by atoms with van der Waals surface area (Å²) in [5.74, 6) is -13.7. The van der Waals surface area contributed by atoms with E-state index in [1.807, 2.05) is 0 Å². The molecule has 0 aliphatic heterocycles. The first-order valence-electron chi connectivity index (χ1n) is 10.6. The predicted octanol–water partition coefficient (Wildman–Crippen LogP) is 6.23. The van der Waals surface area contributed by atoms with Gasteiger partial charge in [0.15, 0.2) is 52.4 Å². The first-order valence-corrected chi connectivity index (χ1v) is 10.6. The molecule has 0 atom stereocenters. The van der Waals surface area contributed by atoms with Crippen LogP contribution in [0.2, 0.25) is 0 Å². The number of halogens is 8. The predicted molar refractivity (Wildman–Crippen MR) is 127 cm³/mol. The monoisotopic (exact) mass is 551 g/mol. The van der Waals surface area contributed by atoms with E-state index in [0.29, 0.717) is 18.1 Å². The summed E-state index contributed by atoms with van der Waals surface area (Å²) in [7, 11) is 0. The van der Waals surface area contributed by atoms with E-state index in [1.54, 1.807) is 30.3 Å². The van der Waals surface area contributed by atoms with Gasteiger partial charge in [-0.05, 0) is 12.1 Å². The number of hydrogen-bond acceptors (Lipinski definition) is 7. The van der Waals surface area contributed by atoms with Crippen LogP contribution in [0.3, 0.4) is 0 Å². The number of aromatic nitrogens is 2. The maximum atomic E-state index is 13.9. The summed E-state index contributed by atoms with van der Waals surface area (Å²) >= 11 is 0. The van der Waals surface area contributed by atoms with Crippen LogP contribution in [-0.2, 0) is 0 Å². The van der Waals surface area contributed by atoms with E-state index in [9.17, 15) is 35.1 Å². The Morgan fingerprint density at radius 1 is 0.564 bits per heavy atom. The Labute approximate surface area is 213 Å². The first-order chi connectivity index (χ1) is 18.6. The molecule has 1 aromatic heterocycles. The van der Waals surface area contributed by atoms with E-state index >= 15 is 0 Å². The van der Waals surface area contributed by atoms with Crippen molar-refractivity contribution in [2.45, 2.75) is 0 Å². The minimum absolute atomic E-state index is 0.0334. The summed E-state index contributed by atoms with van der Waals surface area (Å²) in [6, 6.07) is 9.84. The lowest BCUT2D eigenvalue weighted by Crippen LogP contribution is -2.06. The highest BCUT2D eigenvalue weighted by Gasteiger charge is 2.18. The van der Waals surface area contributed by atoms with Gasteiger partial charge in [0, 0.05) is 23.9 Å². The van der Waals surface area contributed by atoms with Crippen molar-refractivity contribution in [1.82, 2.24) is 9.97 Å². The van der Waals surface area contributed by atoms with Gasteiger partial charge in [0.05, 0.1) is 23.6 Å². The third-order valence-corrected chi connectivity index (χ3v) is 4.79. The molecule has 0 bridgehead atoms. The molecule has 0 aliphatic carbocycles. The van der Waals surface area contributed by atoms with E-state index in [2.05, 4.69) is 36.3 Å². The molecule has 4 aromatic rings. The normalized spacial score (nSPS) is 11.4. The number of hydrogen-bond donors (Lipinski definition) is 3. The summed E-state index contributed by atoms with van der Waals surface area (Å²) in [6.45, 7) is 0. The highest BCUT2D eigenvalue weighted by molar-refractivity contribution is 5.82. The van der Waals surface area contributed by atoms with Crippen LogP contribution in [0, 0.1) is 46.5 Å². The largest absolute Gasteiger partial charge is 0.340 e. The van der Waals surface area contributed by atoms with E-state index in [1.165, 1.54) is 6.07 Å². The zero-order valence-corrected chi connectivity index (χ0v) is 19.1. The third-order valence-electron chi connectivity index (χ3n) is 4.79. The molecule has 0 unspecified atom stereocenters. The Hall–Kier alpha value is -5.08. The fourth-order valence-electron chi connectivity index (χ4n) is 3.02. The third kappa shape index (κ3) is 6.26. The Kier molecular flexibility index (Phi) is 7.98. The Morgan fingerprint density at radius 3 is 1.54 bits per heavy atom. The second-order valence-corrected chi connectivity index (χ2v) is 7.46. The quantitative estimate of drug-likeness (QED) is 0.105. The molecule has 0 amide bonds. The average molecular weight is 551 g/mol. The summed E-state index contributed by atoms with van der Waals surface area (Å²) in [5, 5.41) is 9.90. The summed E-state index contributed by atoms with van der Waals surface area (Å²) in [6.07, 6.45) is 0.922. The molecular formula is C24H13F8N7. The number of nitrogens with one attached hydrogen (secondary N) is 3. The maximum absolute atomic E-state index is 13.9. The van der Waals surface area contributed by atoms with Crippen molar-refractivity contribution in [3.05, 3.63) is 106 Å². The van der Waals surface area contributed by atoms with E-state index in [-0.39, 0.29) is 29.7 Å². The highest BCUT2D eigenvalue weighted by Crippen LogP contribution is 2.21.